The number of halogens is 2. The van der Waals surface area contributed by atoms with Crippen LogP contribution < -0.4 is 31.9 Å². The van der Waals surface area contributed by atoms with Crippen LogP contribution >= 0.6 is 35.2 Å². The predicted octanol–water partition coefficient (Wildman–Crippen LogP) is 7.86. The van der Waals surface area contributed by atoms with Crippen molar-refractivity contribution in [1.29, 1.82) is 0 Å². The molecule has 4 rings (SSSR count). The van der Waals surface area contributed by atoms with Gasteiger partial charge >= 0.3 is 34.5 Å². The number of hydrogen-bond acceptors (Lipinski definition) is 2. The summed E-state index contributed by atoms with van der Waals surface area (Å²) in [6.07, 6.45) is 2.31. The second-order valence-corrected chi connectivity index (χ2v) is 18.4. The van der Waals surface area contributed by atoms with Gasteiger partial charge in [0.25, 0.3) is 0 Å². The van der Waals surface area contributed by atoms with E-state index in [-0.39, 0.29) is 15.1 Å². The second kappa shape index (κ2) is 20.8. The first-order chi connectivity index (χ1) is 20.9. The summed E-state index contributed by atoms with van der Waals surface area (Å²) in [5.41, 5.74) is 0. The van der Waals surface area contributed by atoms with Crippen LogP contribution in [0.5, 0.6) is 0 Å². The van der Waals surface area contributed by atoms with E-state index in [0.717, 1.165) is 25.4 Å². The fraction of sp³-hybridized carbons (Fsp3) is 0.333. The van der Waals surface area contributed by atoms with Gasteiger partial charge in [0.2, 0.25) is 0 Å². The van der Waals surface area contributed by atoms with Crippen molar-refractivity contribution in [1.82, 2.24) is 10.6 Å². The van der Waals surface area contributed by atoms with E-state index < -0.39 is 15.8 Å². The molecule has 0 amide bonds. The maximum atomic E-state index is 4.85. The molecule has 0 radical (unpaired) electrons. The first-order valence-electron chi connectivity index (χ1n) is 15.0. The van der Waals surface area contributed by atoms with E-state index in [4.69, 9.17) is 19.4 Å². The molecule has 0 fully saturated rings. The molecule has 43 heavy (non-hydrogen) atoms. The molecule has 0 aromatic heterocycles. The fourth-order valence-corrected chi connectivity index (χ4v) is 10.5. The van der Waals surface area contributed by atoms with Crippen LogP contribution in [-0.2, 0) is 15.1 Å². The number of rotatable bonds is 15. The van der Waals surface area contributed by atoms with Gasteiger partial charge < -0.3 is 10.6 Å². The molecular formula is C36H46Cl2N2P2Ru. The van der Waals surface area contributed by atoms with E-state index in [1.165, 1.54) is 21.2 Å². The molecule has 0 heterocycles. The molecule has 0 aliphatic carbocycles. The third kappa shape index (κ3) is 12.6. The van der Waals surface area contributed by atoms with Crippen molar-refractivity contribution in [3.8, 4) is 0 Å². The van der Waals surface area contributed by atoms with E-state index >= 15 is 0 Å². The van der Waals surface area contributed by atoms with Crippen molar-refractivity contribution in [2.45, 2.75) is 39.8 Å². The van der Waals surface area contributed by atoms with Crippen molar-refractivity contribution in [2.75, 3.05) is 25.4 Å². The molecule has 232 valence electrons. The third-order valence-corrected chi connectivity index (χ3v) is 12.8. The fourth-order valence-electron chi connectivity index (χ4n) is 5.08. The molecular weight excluding hydrogens is 694 g/mol. The number of nitrogens with one attached hydrogen (secondary N) is 2. The molecule has 0 aliphatic rings. The average molecular weight is 741 g/mol. The van der Waals surface area contributed by atoms with Gasteiger partial charge in [0, 0.05) is 25.2 Å². The SMILES string of the molecule is CC(C)[C@@H](CP(c1ccccc1)c1ccccc1)NCCN[C@H](CP(c1ccccc1)c1ccccc1)C(C)C.[Cl][Ru][Cl]. The van der Waals surface area contributed by atoms with Crippen molar-refractivity contribution in [3.63, 3.8) is 0 Å². The molecule has 0 spiro atoms. The van der Waals surface area contributed by atoms with Gasteiger partial charge in [-0.05, 0) is 61.2 Å². The number of hydrogen-bond donors (Lipinski definition) is 2. The quantitative estimate of drug-likeness (QED) is 0.0738. The van der Waals surface area contributed by atoms with Crippen LogP contribution in [0.3, 0.4) is 0 Å². The molecule has 0 aliphatic heterocycles. The molecule has 0 saturated carbocycles. The van der Waals surface area contributed by atoms with E-state index in [0.29, 0.717) is 23.9 Å². The Morgan fingerprint density at radius 1 is 0.488 bits per heavy atom. The van der Waals surface area contributed by atoms with Gasteiger partial charge in [-0.3, -0.25) is 0 Å². The Hall–Kier alpha value is -1.14. The van der Waals surface area contributed by atoms with Crippen LogP contribution in [0.15, 0.2) is 121 Å². The normalized spacial score (nSPS) is 12.9. The van der Waals surface area contributed by atoms with Gasteiger partial charge in [-0.15, -0.1) is 0 Å². The van der Waals surface area contributed by atoms with Gasteiger partial charge in [-0.1, -0.05) is 149 Å². The summed E-state index contributed by atoms with van der Waals surface area (Å²) >= 11 is -0.346. The van der Waals surface area contributed by atoms with Crippen LogP contribution in [0.25, 0.3) is 0 Å². The van der Waals surface area contributed by atoms with Crippen LogP contribution in [-0.4, -0.2) is 37.5 Å². The van der Waals surface area contributed by atoms with Crippen molar-refractivity contribution >= 4 is 56.4 Å². The minimum atomic E-state index is -0.410. The first-order valence-corrected chi connectivity index (χ1v) is 22.5. The predicted molar refractivity (Wildman–Crippen MR) is 193 cm³/mol. The van der Waals surface area contributed by atoms with Crippen molar-refractivity contribution in [3.05, 3.63) is 121 Å². The summed E-state index contributed by atoms with van der Waals surface area (Å²) in [5, 5.41) is 13.8. The number of benzene rings is 4. The molecule has 4 aromatic carbocycles. The first kappa shape index (κ1) is 36.3. The van der Waals surface area contributed by atoms with E-state index in [1.54, 1.807) is 0 Å². The van der Waals surface area contributed by atoms with E-state index in [1.807, 2.05) is 0 Å². The Kier molecular flexibility index (Phi) is 17.6. The third-order valence-electron chi connectivity index (χ3n) is 7.58. The van der Waals surface area contributed by atoms with Crippen molar-refractivity contribution in [2.24, 2.45) is 11.8 Å². The molecule has 2 N–H and O–H groups in total. The monoisotopic (exact) mass is 740 g/mol. The Labute approximate surface area is 279 Å². The van der Waals surface area contributed by atoms with Gasteiger partial charge in [-0.2, -0.15) is 0 Å². The van der Waals surface area contributed by atoms with E-state index in [2.05, 4.69) is 160 Å². The summed E-state index contributed by atoms with van der Waals surface area (Å²) in [6, 6.07) is 45.4. The topological polar surface area (TPSA) is 24.1 Å². The summed E-state index contributed by atoms with van der Waals surface area (Å²) in [7, 11) is 8.89. The van der Waals surface area contributed by atoms with Gasteiger partial charge in [-0.25, -0.2) is 0 Å². The molecule has 2 nitrogen and oxygen atoms in total. The van der Waals surface area contributed by atoms with E-state index in [9.17, 15) is 0 Å². The zero-order valence-corrected chi connectivity index (χ0v) is 30.7. The zero-order chi connectivity index (χ0) is 30.9. The van der Waals surface area contributed by atoms with Crippen LogP contribution in [0.4, 0.5) is 0 Å². The van der Waals surface area contributed by atoms with Gasteiger partial charge in [0.1, 0.15) is 0 Å². The molecule has 0 bridgehead atoms. The van der Waals surface area contributed by atoms with Crippen LogP contribution in [0.1, 0.15) is 27.7 Å². The Morgan fingerprint density at radius 2 is 0.721 bits per heavy atom. The summed E-state index contributed by atoms with van der Waals surface area (Å²) < 4.78 is 0. The van der Waals surface area contributed by atoms with Crippen molar-refractivity contribution < 1.29 is 15.1 Å². The molecule has 2 atom stereocenters. The average Bonchev–Trinajstić information content (AvgIpc) is 3.04. The summed E-state index contributed by atoms with van der Waals surface area (Å²) in [4.78, 5) is 0. The zero-order valence-electron chi connectivity index (χ0n) is 25.7. The summed E-state index contributed by atoms with van der Waals surface area (Å²) in [6.45, 7) is 11.4. The Morgan fingerprint density at radius 3 is 0.930 bits per heavy atom. The van der Waals surface area contributed by atoms with Crippen LogP contribution in [0, 0.1) is 11.8 Å². The van der Waals surface area contributed by atoms with Gasteiger partial charge in [0.15, 0.2) is 0 Å². The summed E-state index contributed by atoms with van der Waals surface area (Å²) in [5.74, 6) is 1.14. The second-order valence-electron chi connectivity index (χ2n) is 11.2. The van der Waals surface area contributed by atoms with Gasteiger partial charge in [0.05, 0.1) is 0 Å². The molecule has 0 saturated heterocycles. The Bertz CT molecular complexity index is 1070. The van der Waals surface area contributed by atoms with Crippen LogP contribution in [0.2, 0.25) is 0 Å². The standard InChI is InChI=1S/C36H46N2P2.2ClH.Ru/c1-29(2)35(27-39(31-17-9-5-10-18-31)32-19-11-6-12-20-32)37-25-26-38-36(30(3)4)28-40(33-21-13-7-14-22-33)34-23-15-8-16-24-34;;;/h5-24,29-30,35-38H,25-28H2,1-4H3;2*1H;/q;;;+2/p-2/t35-,36-;;;/m1.../s1. The molecule has 4 aromatic rings. The Balaban J connectivity index is 0.00000162. The maximum absolute atomic E-state index is 4.85. The minimum absolute atomic E-state index is 0.346. The molecule has 7 heteroatoms. The molecule has 0 unspecified atom stereocenters.